The molecule has 1 atom stereocenters. The minimum Gasteiger partial charge on any atom is -0.396 e. The van der Waals surface area contributed by atoms with E-state index < -0.39 is 0 Å². The van der Waals surface area contributed by atoms with Crippen molar-refractivity contribution in [3.05, 3.63) is 0 Å². The average molecular weight is 157 g/mol. The van der Waals surface area contributed by atoms with E-state index in [9.17, 15) is 0 Å². The summed E-state index contributed by atoms with van der Waals surface area (Å²) < 4.78 is 0. The van der Waals surface area contributed by atoms with Crippen molar-refractivity contribution in [2.45, 2.75) is 6.92 Å². The van der Waals surface area contributed by atoms with Crippen LogP contribution < -0.4 is 11.1 Å². The van der Waals surface area contributed by atoms with Crippen molar-refractivity contribution in [2.75, 3.05) is 26.2 Å². The molecule has 1 unspecified atom stereocenters. The molecule has 1 heterocycles. The van der Waals surface area contributed by atoms with Crippen LogP contribution in [0.25, 0.3) is 0 Å². The van der Waals surface area contributed by atoms with Gasteiger partial charge in [0, 0.05) is 25.6 Å². The average Bonchev–Trinajstić information content (AvgIpc) is 2.47. The van der Waals surface area contributed by atoms with Crippen molar-refractivity contribution >= 4 is 5.71 Å². The van der Waals surface area contributed by atoms with Gasteiger partial charge in [0.1, 0.15) is 6.61 Å². The Morgan fingerprint density at radius 1 is 1.82 bits per heavy atom. The standard InChI is InChI=1S/C7H15N3O/c1-2-11-10-7-5-9-4-6(7)3-8/h6,9H,2-5,8H2,1H3. The maximum absolute atomic E-state index is 5.52. The minimum absolute atomic E-state index is 0.376. The van der Waals surface area contributed by atoms with Gasteiger partial charge in [0.25, 0.3) is 0 Å². The molecular formula is C7H15N3O. The van der Waals surface area contributed by atoms with Gasteiger partial charge in [-0.1, -0.05) is 5.16 Å². The second-order valence-electron chi connectivity index (χ2n) is 2.56. The molecule has 0 bridgehead atoms. The quantitative estimate of drug-likeness (QED) is 0.546. The van der Waals surface area contributed by atoms with E-state index in [1.165, 1.54) is 0 Å². The smallest absolute Gasteiger partial charge is 0.114 e. The van der Waals surface area contributed by atoms with Crippen LogP contribution in [0.3, 0.4) is 0 Å². The molecule has 0 aromatic heterocycles. The molecule has 1 saturated heterocycles. The first-order valence-corrected chi connectivity index (χ1v) is 3.98. The summed E-state index contributed by atoms with van der Waals surface area (Å²) in [5.41, 5.74) is 6.57. The molecule has 1 rings (SSSR count). The number of nitrogens with two attached hydrogens (primary N) is 1. The fourth-order valence-corrected chi connectivity index (χ4v) is 1.11. The lowest BCUT2D eigenvalue weighted by atomic mass is 10.1. The van der Waals surface area contributed by atoms with Crippen molar-refractivity contribution in [1.82, 2.24) is 5.32 Å². The van der Waals surface area contributed by atoms with Gasteiger partial charge >= 0.3 is 0 Å². The molecule has 0 aliphatic carbocycles. The molecule has 1 fully saturated rings. The first-order valence-electron chi connectivity index (χ1n) is 3.98. The van der Waals surface area contributed by atoms with E-state index in [1.807, 2.05) is 6.92 Å². The molecule has 0 amide bonds. The highest BCUT2D eigenvalue weighted by atomic mass is 16.6. The first kappa shape index (κ1) is 8.49. The van der Waals surface area contributed by atoms with Crippen LogP contribution in [-0.4, -0.2) is 32.0 Å². The zero-order valence-electron chi connectivity index (χ0n) is 6.84. The monoisotopic (exact) mass is 157 g/mol. The molecule has 11 heavy (non-hydrogen) atoms. The zero-order chi connectivity index (χ0) is 8.10. The zero-order valence-corrected chi connectivity index (χ0v) is 6.84. The van der Waals surface area contributed by atoms with Gasteiger partial charge in [-0.2, -0.15) is 0 Å². The van der Waals surface area contributed by atoms with Crippen LogP contribution in [0.1, 0.15) is 6.92 Å². The molecule has 3 N–H and O–H groups in total. The highest BCUT2D eigenvalue weighted by Gasteiger charge is 2.20. The van der Waals surface area contributed by atoms with E-state index in [-0.39, 0.29) is 0 Å². The largest absolute Gasteiger partial charge is 0.396 e. The molecule has 1 aliphatic heterocycles. The third-order valence-electron chi connectivity index (χ3n) is 1.76. The Balaban J connectivity index is 2.42. The predicted octanol–water partition coefficient (Wildman–Crippen LogP) is -0.443. The molecular weight excluding hydrogens is 142 g/mol. The van der Waals surface area contributed by atoms with Crippen molar-refractivity contribution in [3.8, 4) is 0 Å². The molecule has 64 valence electrons. The maximum Gasteiger partial charge on any atom is 0.114 e. The van der Waals surface area contributed by atoms with Gasteiger partial charge in [-0.3, -0.25) is 0 Å². The fourth-order valence-electron chi connectivity index (χ4n) is 1.11. The van der Waals surface area contributed by atoms with Crippen LogP contribution in [-0.2, 0) is 4.84 Å². The van der Waals surface area contributed by atoms with E-state index in [0.29, 0.717) is 19.1 Å². The molecule has 4 nitrogen and oxygen atoms in total. The number of nitrogens with zero attached hydrogens (tertiary/aromatic N) is 1. The third kappa shape index (κ3) is 2.17. The highest BCUT2D eigenvalue weighted by molar-refractivity contribution is 5.90. The normalized spacial score (nSPS) is 27.8. The van der Waals surface area contributed by atoms with Crippen molar-refractivity contribution in [3.63, 3.8) is 0 Å². The van der Waals surface area contributed by atoms with Crippen molar-refractivity contribution < 1.29 is 4.84 Å². The minimum atomic E-state index is 0.376. The topological polar surface area (TPSA) is 59.6 Å². The van der Waals surface area contributed by atoms with Crippen LogP contribution in [0.5, 0.6) is 0 Å². The third-order valence-corrected chi connectivity index (χ3v) is 1.76. The number of oxime groups is 1. The Morgan fingerprint density at radius 2 is 2.64 bits per heavy atom. The van der Waals surface area contributed by atoms with Gasteiger partial charge in [-0.15, -0.1) is 0 Å². The van der Waals surface area contributed by atoms with E-state index in [4.69, 9.17) is 10.6 Å². The predicted molar refractivity (Wildman–Crippen MR) is 44.5 cm³/mol. The van der Waals surface area contributed by atoms with Crippen molar-refractivity contribution in [2.24, 2.45) is 16.8 Å². The lowest BCUT2D eigenvalue weighted by Gasteiger charge is -2.04. The van der Waals surface area contributed by atoms with Crippen LogP contribution >= 0.6 is 0 Å². The van der Waals surface area contributed by atoms with Crippen LogP contribution in [0.4, 0.5) is 0 Å². The summed E-state index contributed by atoms with van der Waals surface area (Å²) in [4.78, 5) is 4.94. The lowest BCUT2D eigenvalue weighted by molar-refractivity contribution is 0.157. The van der Waals surface area contributed by atoms with Gasteiger partial charge in [-0.25, -0.2) is 0 Å². The fraction of sp³-hybridized carbons (Fsp3) is 0.857. The second kappa shape index (κ2) is 4.31. The number of hydrogen-bond acceptors (Lipinski definition) is 4. The number of rotatable bonds is 3. The number of nitrogens with one attached hydrogen (secondary N) is 1. The molecule has 0 aromatic rings. The lowest BCUT2D eigenvalue weighted by Crippen LogP contribution is -2.22. The van der Waals surface area contributed by atoms with Gasteiger partial charge in [0.05, 0.1) is 5.71 Å². The van der Waals surface area contributed by atoms with Gasteiger partial charge < -0.3 is 15.9 Å². The van der Waals surface area contributed by atoms with Crippen LogP contribution in [0, 0.1) is 5.92 Å². The Kier molecular flexibility index (Phi) is 3.32. The van der Waals surface area contributed by atoms with E-state index in [2.05, 4.69) is 10.5 Å². The molecule has 4 heteroatoms. The summed E-state index contributed by atoms with van der Waals surface area (Å²) in [7, 11) is 0. The maximum atomic E-state index is 5.52. The Bertz CT molecular complexity index is 147. The van der Waals surface area contributed by atoms with Gasteiger partial charge in [0.2, 0.25) is 0 Å². The Labute approximate surface area is 66.8 Å². The van der Waals surface area contributed by atoms with E-state index >= 15 is 0 Å². The summed E-state index contributed by atoms with van der Waals surface area (Å²) in [6, 6.07) is 0. The SMILES string of the molecule is CCON=C1CNCC1CN. The highest BCUT2D eigenvalue weighted by Crippen LogP contribution is 2.03. The molecule has 0 spiro atoms. The number of hydrogen-bond donors (Lipinski definition) is 2. The summed E-state index contributed by atoms with van der Waals surface area (Å²) in [6.07, 6.45) is 0. The molecule has 0 saturated carbocycles. The second-order valence-corrected chi connectivity index (χ2v) is 2.56. The summed E-state index contributed by atoms with van der Waals surface area (Å²) in [5, 5.41) is 7.16. The van der Waals surface area contributed by atoms with Gasteiger partial charge in [0.15, 0.2) is 0 Å². The Hall–Kier alpha value is -0.610. The molecule has 0 radical (unpaired) electrons. The van der Waals surface area contributed by atoms with Crippen molar-refractivity contribution in [1.29, 1.82) is 0 Å². The van der Waals surface area contributed by atoms with E-state index in [0.717, 1.165) is 18.8 Å². The van der Waals surface area contributed by atoms with Crippen LogP contribution in [0.2, 0.25) is 0 Å². The summed E-state index contributed by atoms with van der Waals surface area (Å²) in [6.45, 7) is 4.95. The summed E-state index contributed by atoms with van der Waals surface area (Å²) >= 11 is 0. The van der Waals surface area contributed by atoms with Crippen LogP contribution in [0.15, 0.2) is 5.16 Å². The molecule has 1 aliphatic rings. The molecule has 0 aromatic carbocycles. The van der Waals surface area contributed by atoms with E-state index in [1.54, 1.807) is 0 Å². The Morgan fingerprint density at radius 3 is 3.27 bits per heavy atom. The first-order chi connectivity index (χ1) is 5.38. The summed E-state index contributed by atoms with van der Waals surface area (Å²) in [5.74, 6) is 0.376. The van der Waals surface area contributed by atoms with Gasteiger partial charge in [-0.05, 0) is 6.92 Å².